The number of piperazine rings is 1. The van der Waals surface area contributed by atoms with Gasteiger partial charge in [-0.05, 0) is 56.5 Å². The predicted molar refractivity (Wildman–Crippen MR) is 128 cm³/mol. The second-order valence-electron chi connectivity index (χ2n) is 7.07. The van der Waals surface area contributed by atoms with Crippen LogP contribution in [-0.2, 0) is 13.5 Å². The average Bonchev–Trinajstić information content (AvgIpc) is 2.91. The molecule has 1 aromatic carbocycles. The molecule has 6 nitrogen and oxygen atoms in total. The number of anilines is 1. The van der Waals surface area contributed by atoms with Crippen molar-refractivity contribution in [3.8, 4) is 0 Å². The molecule has 0 aliphatic carbocycles. The Morgan fingerprint density at radius 3 is 2.36 bits per heavy atom. The minimum Gasteiger partial charge on any atom is -0.370 e. The van der Waals surface area contributed by atoms with Crippen molar-refractivity contribution in [2.24, 2.45) is 17.8 Å². The zero-order valence-electron chi connectivity index (χ0n) is 16.9. The van der Waals surface area contributed by atoms with Crippen molar-refractivity contribution in [1.29, 1.82) is 0 Å². The van der Waals surface area contributed by atoms with Crippen LogP contribution in [0.3, 0.4) is 0 Å². The summed E-state index contributed by atoms with van der Waals surface area (Å²) in [6.45, 7) is 8.58. The number of guanidine groups is 1. The first-order chi connectivity index (χ1) is 13.0. The Labute approximate surface area is 189 Å². The maximum absolute atomic E-state index is 6.22. The highest BCUT2D eigenvalue weighted by atomic mass is 127. The number of aliphatic imine (C=N–C) groups is 1. The Morgan fingerprint density at radius 1 is 1.14 bits per heavy atom. The van der Waals surface area contributed by atoms with Gasteiger partial charge in [0, 0.05) is 56.2 Å². The number of aromatic nitrogens is 2. The van der Waals surface area contributed by atoms with Crippen LogP contribution in [-0.4, -0.2) is 53.4 Å². The smallest absolute Gasteiger partial charge is 0.191 e. The normalized spacial score (nSPS) is 14.9. The van der Waals surface area contributed by atoms with Gasteiger partial charge >= 0.3 is 0 Å². The van der Waals surface area contributed by atoms with Crippen LogP contribution in [0.25, 0.3) is 0 Å². The van der Waals surface area contributed by atoms with Crippen LogP contribution < -0.4 is 10.6 Å². The molecule has 154 valence electrons. The summed E-state index contributed by atoms with van der Waals surface area (Å²) in [5.41, 5.74) is 11.1. The molecule has 28 heavy (non-hydrogen) atoms. The summed E-state index contributed by atoms with van der Waals surface area (Å²) in [7, 11) is 1.99. The summed E-state index contributed by atoms with van der Waals surface area (Å²) in [5.74, 6) is 0.658. The van der Waals surface area contributed by atoms with Gasteiger partial charge in [-0.15, -0.1) is 24.0 Å². The largest absolute Gasteiger partial charge is 0.370 e. The molecule has 1 aromatic heterocycles. The molecule has 0 spiro atoms. The van der Waals surface area contributed by atoms with E-state index in [1.165, 1.54) is 16.9 Å². The summed E-state index contributed by atoms with van der Waals surface area (Å²) in [6.07, 6.45) is 1.98. The molecule has 1 aliphatic heterocycles. The van der Waals surface area contributed by atoms with Gasteiger partial charge in [-0.2, -0.15) is 5.10 Å². The van der Waals surface area contributed by atoms with E-state index in [2.05, 4.69) is 45.9 Å². The number of rotatable bonds is 5. The van der Waals surface area contributed by atoms with E-state index in [4.69, 9.17) is 17.3 Å². The Hall–Kier alpha value is -1.48. The van der Waals surface area contributed by atoms with E-state index in [0.717, 1.165) is 56.3 Å². The van der Waals surface area contributed by atoms with Crippen LogP contribution in [0.1, 0.15) is 23.4 Å². The van der Waals surface area contributed by atoms with Gasteiger partial charge < -0.3 is 15.5 Å². The Morgan fingerprint density at radius 2 is 1.79 bits per heavy atom. The molecular weight excluding hydrogens is 487 g/mol. The molecule has 0 amide bonds. The standard InChI is InChI=1S/C20H29ClN6.HI/c1-15-19(16(2)25(3)24-15)5-4-10-23-20(22)27-13-11-26(12-14-27)18-8-6-17(21)7-9-18;/h6-9H,4-5,10-14H2,1-3H3,(H2,22,23);1H. The molecule has 0 radical (unpaired) electrons. The Kier molecular flexibility index (Phi) is 8.42. The molecule has 0 bridgehead atoms. The Bertz CT molecular complexity index is 794. The number of nitrogens with two attached hydrogens (primary N) is 1. The van der Waals surface area contributed by atoms with Crippen LogP contribution in [0.2, 0.25) is 5.02 Å². The van der Waals surface area contributed by atoms with E-state index in [0.29, 0.717) is 5.96 Å². The van der Waals surface area contributed by atoms with Crippen LogP contribution in [0.4, 0.5) is 5.69 Å². The topological polar surface area (TPSA) is 62.7 Å². The predicted octanol–water partition coefficient (Wildman–Crippen LogP) is 3.38. The van der Waals surface area contributed by atoms with E-state index in [-0.39, 0.29) is 24.0 Å². The second-order valence-corrected chi connectivity index (χ2v) is 7.50. The van der Waals surface area contributed by atoms with Crippen molar-refractivity contribution < 1.29 is 0 Å². The molecule has 3 rings (SSSR count). The molecule has 1 fully saturated rings. The minimum absolute atomic E-state index is 0. The summed E-state index contributed by atoms with van der Waals surface area (Å²) in [4.78, 5) is 9.12. The van der Waals surface area contributed by atoms with Gasteiger partial charge in [0.2, 0.25) is 0 Å². The first-order valence-corrected chi connectivity index (χ1v) is 9.88. The number of hydrogen-bond donors (Lipinski definition) is 1. The molecule has 0 atom stereocenters. The minimum atomic E-state index is 0. The van der Waals surface area contributed by atoms with E-state index < -0.39 is 0 Å². The molecule has 0 saturated carbocycles. The molecule has 8 heteroatoms. The number of aryl methyl sites for hydroxylation is 2. The lowest BCUT2D eigenvalue weighted by Crippen LogP contribution is -2.51. The van der Waals surface area contributed by atoms with E-state index >= 15 is 0 Å². The molecule has 1 aliphatic rings. The number of hydrogen-bond acceptors (Lipinski definition) is 3. The van der Waals surface area contributed by atoms with Crippen LogP contribution in [0.5, 0.6) is 0 Å². The van der Waals surface area contributed by atoms with Crippen molar-refractivity contribution in [2.75, 3.05) is 37.6 Å². The third-order valence-electron chi connectivity index (χ3n) is 5.31. The summed E-state index contributed by atoms with van der Waals surface area (Å²) < 4.78 is 1.95. The van der Waals surface area contributed by atoms with Crippen LogP contribution in [0.15, 0.2) is 29.3 Å². The molecular formula is C20H30ClIN6. The highest BCUT2D eigenvalue weighted by molar-refractivity contribution is 14.0. The molecule has 2 N–H and O–H groups in total. The summed E-state index contributed by atoms with van der Waals surface area (Å²) >= 11 is 5.97. The quantitative estimate of drug-likeness (QED) is 0.286. The van der Waals surface area contributed by atoms with Gasteiger partial charge in [-0.1, -0.05) is 11.6 Å². The number of nitrogens with zero attached hydrogens (tertiary/aromatic N) is 5. The van der Waals surface area contributed by atoms with Crippen molar-refractivity contribution >= 4 is 47.2 Å². The molecule has 0 unspecified atom stereocenters. The van der Waals surface area contributed by atoms with Crippen LogP contribution >= 0.6 is 35.6 Å². The summed E-state index contributed by atoms with van der Waals surface area (Å²) in [6, 6.07) is 8.01. The van der Waals surface area contributed by atoms with Crippen molar-refractivity contribution in [2.45, 2.75) is 26.7 Å². The molecule has 2 heterocycles. The first-order valence-electron chi connectivity index (χ1n) is 9.50. The van der Waals surface area contributed by atoms with Gasteiger partial charge in [-0.25, -0.2) is 0 Å². The van der Waals surface area contributed by atoms with Crippen molar-refractivity contribution in [3.05, 3.63) is 46.2 Å². The molecule has 1 saturated heterocycles. The van der Waals surface area contributed by atoms with E-state index in [9.17, 15) is 0 Å². The van der Waals surface area contributed by atoms with Gasteiger partial charge in [0.15, 0.2) is 5.96 Å². The maximum atomic E-state index is 6.22. The first kappa shape index (κ1) is 22.8. The maximum Gasteiger partial charge on any atom is 0.191 e. The van der Waals surface area contributed by atoms with Gasteiger partial charge in [0.25, 0.3) is 0 Å². The van der Waals surface area contributed by atoms with Gasteiger partial charge in [0.1, 0.15) is 0 Å². The molecule has 2 aromatic rings. The highest BCUT2D eigenvalue weighted by Crippen LogP contribution is 2.19. The lowest BCUT2D eigenvalue weighted by Gasteiger charge is -2.36. The third-order valence-corrected chi connectivity index (χ3v) is 5.56. The van der Waals surface area contributed by atoms with Gasteiger partial charge in [-0.3, -0.25) is 9.67 Å². The van der Waals surface area contributed by atoms with E-state index in [1.807, 2.05) is 23.9 Å². The summed E-state index contributed by atoms with van der Waals surface area (Å²) in [5, 5.41) is 5.24. The fourth-order valence-electron chi connectivity index (χ4n) is 3.57. The third kappa shape index (κ3) is 5.53. The lowest BCUT2D eigenvalue weighted by molar-refractivity contribution is 0.380. The fourth-order valence-corrected chi connectivity index (χ4v) is 3.70. The second kappa shape index (κ2) is 10.3. The number of benzene rings is 1. The van der Waals surface area contributed by atoms with Crippen molar-refractivity contribution in [1.82, 2.24) is 14.7 Å². The van der Waals surface area contributed by atoms with Crippen LogP contribution in [0, 0.1) is 13.8 Å². The zero-order chi connectivity index (χ0) is 19.4. The monoisotopic (exact) mass is 516 g/mol. The van der Waals surface area contributed by atoms with E-state index in [1.54, 1.807) is 0 Å². The fraction of sp³-hybridized carbons (Fsp3) is 0.500. The average molecular weight is 517 g/mol. The zero-order valence-corrected chi connectivity index (χ0v) is 19.9. The SMILES string of the molecule is Cc1nn(C)c(C)c1CCCN=C(N)N1CCN(c2ccc(Cl)cc2)CC1.I. The highest BCUT2D eigenvalue weighted by Gasteiger charge is 2.18. The Balaban J connectivity index is 0.00000280. The lowest BCUT2D eigenvalue weighted by atomic mass is 10.1. The van der Waals surface area contributed by atoms with Crippen molar-refractivity contribution in [3.63, 3.8) is 0 Å². The van der Waals surface area contributed by atoms with Gasteiger partial charge in [0.05, 0.1) is 5.69 Å². The number of halogens is 2.